The molecule has 0 saturated carbocycles. The smallest absolute Gasteiger partial charge is 0.241 e. The van der Waals surface area contributed by atoms with Gasteiger partial charge in [-0.2, -0.15) is 4.31 Å². The van der Waals surface area contributed by atoms with E-state index in [0.717, 1.165) is 26.0 Å². The topological polar surface area (TPSA) is 92.3 Å². The molecule has 0 fully saturated rings. The average molecular weight is 387 g/mol. The van der Waals surface area contributed by atoms with Crippen molar-refractivity contribution in [2.45, 2.75) is 17.8 Å². The molecule has 0 atom stereocenters. The van der Waals surface area contributed by atoms with Gasteiger partial charge in [-0.3, -0.25) is 10.1 Å². The summed E-state index contributed by atoms with van der Waals surface area (Å²) in [6.45, 7) is 1.82. The van der Waals surface area contributed by atoms with Crippen LogP contribution in [0.1, 0.15) is 11.1 Å². The minimum absolute atomic E-state index is 0.138. The standard InChI is InChI=1S/C14H18N4O3S3/c1-10-4-6-11(7-5-10)8-18(24(3,20)21)9-12(19)15-13-16-17-14(22-2)23-13/h4-7H,8-9H2,1-3H3,(H,15,16,19). The summed E-state index contributed by atoms with van der Waals surface area (Å²) in [6, 6.07) is 7.50. The molecule has 7 nitrogen and oxygen atoms in total. The van der Waals surface area contributed by atoms with Crippen molar-refractivity contribution in [1.29, 1.82) is 0 Å². The summed E-state index contributed by atoms with van der Waals surface area (Å²) in [5.74, 6) is -0.448. The Kier molecular flexibility index (Phi) is 6.33. The van der Waals surface area contributed by atoms with Crippen LogP contribution in [-0.4, -0.2) is 47.9 Å². The molecule has 10 heteroatoms. The van der Waals surface area contributed by atoms with Gasteiger partial charge in [0, 0.05) is 6.54 Å². The Morgan fingerprint density at radius 3 is 2.50 bits per heavy atom. The summed E-state index contributed by atoms with van der Waals surface area (Å²) in [5, 5.41) is 10.6. The first-order valence-corrected chi connectivity index (χ1v) is 10.8. The van der Waals surface area contributed by atoms with Crippen molar-refractivity contribution in [3.63, 3.8) is 0 Å². The molecule has 1 N–H and O–H groups in total. The molecule has 1 aromatic carbocycles. The predicted molar refractivity (Wildman–Crippen MR) is 96.8 cm³/mol. The normalized spacial score (nSPS) is 11.7. The van der Waals surface area contributed by atoms with Crippen molar-refractivity contribution in [3.05, 3.63) is 35.4 Å². The fourth-order valence-electron chi connectivity index (χ4n) is 1.85. The lowest BCUT2D eigenvalue weighted by atomic mass is 10.1. The lowest BCUT2D eigenvalue weighted by Gasteiger charge is -2.19. The Bertz CT molecular complexity index is 803. The number of aryl methyl sites for hydroxylation is 1. The number of thioether (sulfide) groups is 1. The van der Waals surface area contributed by atoms with Gasteiger partial charge in [-0.05, 0) is 18.7 Å². The SMILES string of the molecule is CSc1nnc(NC(=O)CN(Cc2ccc(C)cc2)S(C)(=O)=O)s1. The molecule has 2 rings (SSSR count). The maximum atomic E-state index is 12.1. The predicted octanol–water partition coefficient (Wildman–Crippen LogP) is 1.97. The summed E-state index contributed by atoms with van der Waals surface area (Å²) in [6.07, 6.45) is 2.95. The molecule has 0 aliphatic rings. The van der Waals surface area contributed by atoms with E-state index in [0.29, 0.717) is 5.13 Å². The molecule has 0 unspecified atom stereocenters. The van der Waals surface area contributed by atoms with Gasteiger partial charge < -0.3 is 0 Å². The summed E-state index contributed by atoms with van der Waals surface area (Å²) < 4.78 is 25.8. The highest BCUT2D eigenvalue weighted by atomic mass is 32.2. The van der Waals surface area contributed by atoms with Gasteiger partial charge in [0.25, 0.3) is 0 Å². The van der Waals surface area contributed by atoms with Crippen molar-refractivity contribution in [1.82, 2.24) is 14.5 Å². The van der Waals surface area contributed by atoms with Crippen LogP contribution in [0, 0.1) is 6.92 Å². The molecule has 1 aromatic heterocycles. The van der Waals surface area contributed by atoms with Crippen LogP contribution in [-0.2, 0) is 21.4 Å². The first-order chi connectivity index (χ1) is 11.3. The number of benzene rings is 1. The van der Waals surface area contributed by atoms with Crippen LogP contribution in [0.4, 0.5) is 5.13 Å². The number of hydrogen-bond acceptors (Lipinski definition) is 7. The van der Waals surface area contributed by atoms with Crippen molar-refractivity contribution in [3.8, 4) is 0 Å². The van der Waals surface area contributed by atoms with Crippen molar-refractivity contribution < 1.29 is 13.2 Å². The van der Waals surface area contributed by atoms with E-state index in [9.17, 15) is 13.2 Å². The first-order valence-electron chi connectivity index (χ1n) is 6.96. The molecule has 0 aliphatic heterocycles. The third-order valence-corrected chi connectivity index (χ3v) is 6.11. The Morgan fingerprint density at radius 1 is 1.29 bits per heavy atom. The second kappa shape index (κ2) is 8.06. The van der Waals surface area contributed by atoms with Gasteiger partial charge in [0.05, 0.1) is 12.8 Å². The monoisotopic (exact) mass is 386 g/mol. The van der Waals surface area contributed by atoms with Crippen LogP contribution < -0.4 is 5.32 Å². The molecule has 0 saturated heterocycles. The van der Waals surface area contributed by atoms with Gasteiger partial charge in [0.2, 0.25) is 21.1 Å². The fourth-order valence-corrected chi connectivity index (χ4v) is 3.77. The molecule has 1 heterocycles. The van der Waals surface area contributed by atoms with Crippen molar-refractivity contribution in [2.24, 2.45) is 0 Å². The highest BCUT2D eigenvalue weighted by Gasteiger charge is 2.21. The van der Waals surface area contributed by atoms with E-state index in [4.69, 9.17) is 0 Å². The van der Waals surface area contributed by atoms with E-state index in [1.54, 1.807) is 0 Å². The Morgan fingerprint density at radius 2 is 1.96 bits per heavy atom. The molecule has 0 spiro atoms. The molecule has 24 heavy (non-hydrogen) atoms. The molecular formula is C14H18N4O3S3. The third-order valence-electron chi connectivity index (χ3n) is 3.10. The number of sulfonamides is 1. The van der Waals surface area contributed by atoms with E-state index < -0.39 is 15.9 Å². The second-order valence-electron chi connectivity index (χ2n) is 5.14. The number of rotatable bonds is 7. The number of aromatic nitrogens is 2. The Labute approximate surface area is 149 Å². The molecular weight excluding hydrogens is 368 g/mol. The van der Waals surface area contributed by atoms with Gasteiger partial charge in [-0.15, -0.1) is 10.2 Å². The Hall–Kier alpha value is -1.49. The highest BCUT2D eigenvalue weighted by Crippen LogP contribution is 2.23. The minimum Gasteiger partial charge on any atom is -0.299 e. The molecule has 0 aliphatic carbocycles. The number of carbonyl (C=O) groups excluding carboxylic acids is 1. The zero-order valence-corrected chi connectivity index (χ0v) is 16.0. The van der Waals surface area contributed by atoms with E-state index in [2.05, 4.69) is 15.5 Å². The first kappa shape index (κ1) is 18.8. The van der Waals surface area contributed by atoms with Crippen LogP contribution in [0.2, 0.25) is 0 Å². The maximum Gasteiger partial charge on any atom is 0.241 e. The van der Waals surface area contributed by atoms with Crippen molar-refractivity contribution >= 4 is 44.2 Å². The van der Waals surface area contributed by atoms with E-state index >= 15 is 0 Å². The summed E-state index contributed by atoms with van der Waals surface area (Å²) in [4.78, 5) is 12.1. The molecule has 1 amide bonds. The fraction of sp³-hybridized carbons (Fsp3) is 0.357. The Balaban J connectivity index is 2.05. The van der Waals surface area contributed by atoms with Gasteiger partial charge in [0.15, 0.2) is 4.34 Å². The molecule has 0 bridgehead atoms. The third kappa shape index (κ3) is 5.55. The van der Waals surface area contributed by atoms with E-state index in [1.165, 1.54) is 23.1 Å². The zero-order chi connectivity index (χ0) is 17.7. The number of nitrogens with zero attached hydrogens (tertiary/aromatic N) is 3. The van der Waals surface area contributed by atoms with E-state index in [-0.39, 0.29) is 13.1 Å². The van der Waals surface area contributed by atoms with Crippen LogP contribution in [0.3, 0.4) is 0 Å². The average Bonchev–Trinajstić information content (AvgIpc) is 2.95. The van der Waals surface area contributed by atoms with Crippen LogP contribution >= 0.6 is 23.1 Å². The number of carbonyl (C=O) groups is 1. The van der Waals surface area contributed by atoms with Crippen LogP contribution in [0.25, 0.3) is 0 Å². The summed E-state index contributed by atoms with van der Waals surface area (Å²) >= 11 is 2.67. The number of anilines is 1. The maximum absolute atomic E-state index is 12.1. The lowest BCUT2D eigenvalue weighted by Crippen LogP contribution is -2.36. The highest BCUT2D eigenvalue weighted by molar-refractivity contribution is 8.00. The van der Waals surface area contributed by atoms with E-state index in [1.807, 2.05) is 37.4 Å². The molecule has 130 valence electrons. The molecule has 0 radical (unpaired) electrons. The minimum atomic E-state index is -3.52. The second-order valence-corrected chi connectivity index (χ2v) is 9.16. The van der Waals surface area contributed by atoms with Gasteiger partial charge in [-0.1, -0.05) is 52.9 Å². The number of nitrogens with one attached hydrogen (secondary N) is 1. The van der Waals surface area contributed by atoms with Crippen LogP contribution in [0.15, 0.2) is 28.6 Å². The zero-order valence-electron chi connectivity index (χ0n) is 13.5. The summed E-state index contributed by atoms with van der Waals surface area (Å²) in [5.41, 5.74) is 1.91. The van der Waals surface area contributed by atoms with Crippen molar-refractivity contribution in [2.75, 3.05) is 24.4 Å². The van der Waals surface area contributed by atoms with Gasteiger partial charge in [-0.25, -0.2) is 8.42 Å². The quantitative estimate of drug-likeness (QED) is 0.578. The van der Waals surface area contributed by atoms with Crippen LogP contribution in [0.5, 0.6) is 0 Å². The largest absolute Gasteiger partial charge is 0.299 e. The number of amides is 1. The molecule has 2 aromatic rings. The lowest BCUT2D eigenvalue weighted by molar-refractivity contribution is -0.116. The number of hydrogen-bond donors (Lipinski definition) is 1. The van der Waals surface area contributed by atoms with Gasteiger partial charge >= 0.3 is 0 Å². The summed E-state index contributed by atoms with van der Waals surface area (Å²) in [7, 11) is -3.52. The van der Waals surface area contributed by atoms with Gasteiger partial charge in [0.1, 0.15) is 0 Å².